The third-order valence-corrected chi connectivity index (χ3v) is 7.13. The highest BCUT2D eigenvalue weighted by Crippen LogP contribution is 2.40. The van der Waals surface area contributed by atoms with Crippen LogP contribution in [-0.4, -0.2) is 29.7 Å². The van der Waals surface area contributed by atoms with E-state index >= 15 is 0 Å². The molecule has 2 aromatic rings. The third-order valence-electron chi connectivity index (χ3n) is 7.13. The van der Waals surface area contributed by atoms with Gasteiger partial charge in [0.1, 0.15) is 5.75 Å². The first-order valence-corrected chi connectivity index (χ1v) is 12.1. The van der Waals surface area contributed by atoms with E-state index in [4.69, 9.17) is 14.7 Å². The first-order chi connectivity index (χ1) is 14.8. The Morgan fingerprint density at radius 2 is 1.84 bits per heavy atom. The van der Waals surface area contributed by atoms with Crippen LogP contribution in [0.5, 0.6) is 5.75 Å². The molecule has 168 valence electrons. The van der Waals surface area contributed by atoms with E-state index in [1.54, 1.807) is 0 Å². The average Bonchev–Trinajstić information content (AvgIpc) is 2.69. The second-order valence-corrected chi connectivity index (χ2v) is 10.8. The summed E-state index contributed by atoms with van der Waals surface area (Å²) in [6.07, 6.45) is 11.4. The van der Waals surface area contributed by atoms with Gasteiger partial charge in [0.05, 0.1) is 24.2 Å². The van der Waals surface area contributed by atoms with E-state index in [0.29, 0.717) is 11.3 Å². The minimum absolute atomic E-state index is 0.425. The van der Waals surface area contributed by atoms with E-state index in [2.05, 4.69) is 51.7 Å². The summed E-state index contributed by atoms with van der Waals surface area (Å²) in [5, 5.41) is 0. The van der Waals surface area contributed by atoms with Crippen molar-refractivity contribution in [2.24, 2.45) is 17.3 Å². The van der Waals surface area contributed by atoms with E-state index in [-0.39, 0.29) is 0 Å². The van der Waals surface area contributed by atoms with E-state index in [1.165, 1.54) is 43.4 Å². The van der Waals surface area contributed by atoms with Crippen molar-refractivity contribution < 1.29 is 4.74 Å². The summed E-state index contributed by atoms with van der Waals surface area (Å²) in [6, 6.07) is 4.19. The van der Waals surface area contributed by atoms with Gasteiger partial charge in [0, 0.05) is 30.5 Å². The number of hydrogen-bond acceptors (Lipinski definition) is 4. The number of nitrogens with zero attached hydrogens (tertiary/aromatic N) is 3. The molecule has 0 atom stereocenters. The largest absolute Gasteiger partial charge is 0.492 e. The highest BCUT2D eigenvalue weighted by Gasteiger charge is 2.29. The van der Waals surface area contributed by atoms with Gasteiger partial charge >= 0.3 is 0 Å². The molecular formula is C27H39N3O. The lowest BCUT2D eigenvalue weighted by Gasteiger charge is -2.40. The Bertz CT molecular complexity index is 874. The highest BCUT2D eigenvalue weighted by molar-refractivity contribution is 5.79. The van der Waals surface area contributed by atoms with E-state index in [0.717, 1.165) is 54.7 Å². The number of piperidine rings is 1. The van der Waals surface area contributed by atoms with Gasteiger partial charge in [-0.3, -0.25) is 9.97 Å². The van der Waals surface area contributed by atoms with Gasteiger partial charge in [0.2, 0.25) is 0 Å². The van der Waals surface area contributed by atoms with Crippen LogP contribution in [0.15, 0.2) is 24.5 Å². The molecule has 4 nitrogen and oxygen atoms in total. The molecule has 0 spiro atoms. The lowest BCUT2D eigenvalue weighted by Crippen LogP contribution is -2.38. The van der Waals surface area contributed by atoms with Crippen LogP contribution in [0.25, 0.3) is 11.3 Å². The van der Waals surface area contributed by atoms with Crippen molar-refractivity contribution in [1.82, 2.24) is 9.97 Å². The van der Waals surface area contributed by atoms with Crippen molar-refractivity contribution in [2.45, 2.75) is 73.1 Å². The van der Waals surface area contributed by atoms with Crippen LogP contribution in [-0.2, 0) is 6.42 Å². The first-order valence-electron chi connectivity index (χ1n) is 12.1. The van der Waals surface area contributed by atoms with Gasteiger partial charge in [0.25, 0.3) is 0 Å². The summed E-state index contributed by atoms with van der Waals surface area (Å²) in [7, 11) is 0. The van der Waals surface area contributed by atoms with Crippen molar-refractivity contribution in [3.05, 3.63) is 35.8 Å². The SMILES string of the molecule is Cc1ncc(-c2ccc(OCC3CCC3)cn2)c(N2CCC(C)(C)CC2)c1CC(C)C. The average molecular weight is 422 g/mol. The predicted molar refractivity (Wildman–Crippen MR) is 129 cm³/mol. The highest BCUT2D eigenvalue weighted by atomic mass is 16.5. The molecule has 31 heavy (non-hydrogen) atoms. The maximum atomic E-state index is 5.98. The molecule has 1 saturated heterocycles. The summed E-state index contributed by atoms with van der Waals surface area (Å²) < 4.78 is 5.98. The summed E-state index contributed by atoms with van der Waals surface area (Å²) in [4.78, 5) is 12.2. The van der Waals surface area contributed by atoms with Crippen LogP contribution < -0.4 is 9.64 Å². The van der Waals surface area contributed by atoms with Crippen LogP contribution in [0, 0.1) is 24.2 Å². The maximum absolute atomic E-state index is 5.98. The Morgan fingerprint density at radius 3 is 2.42 bits per heavy atom. The molecule has 2 aromatic heterocycles. The second kappa shape index (κ2) is 9.18. The number of aromatic nitrogens is 2. The Hall–Kier alpha value is -2.10. The summed E-state index contributed by atoms with van der Waals surface area (Å²) in [6.45, 7) is 14.5. The minimum Gasteiger partial charge on any atom is -0.492 e. The maximum Gasteiger partial charge on any atom is 0.137 e. The number of anilines is 1. The van der Waals surface area contributed by atoms with Crippen LogP contribution >= 0.6 is 0 Å². The molecule has 2 aliphatic rings. The van der Waals surface area contributed by atoms with Crippen LogP contribution in [0.1, 0.15) is 71.1 Å². The van der Waals surface area contributed by atoms with E-state index < -0.39 is 0 Å². The molecule has 3 heterocycles. The quantitative estimate of drug-likeness (QED) is 0.514. The molecule has 1 aliphatic heterocycles. The third kappa shape index (κ3) is 5.22. The fraction of sp³-hybridized carbons (Fsp3) is 0.630. The molecule has 1 saturated carbocycles. The fourth-order valence-electron chi connectivity index (χ4n) is 4.67. The summed E-state index contributed by atoms with van der Waals surface area (Å²) in [5.74, 6) is 2.19. The van der Waals surface area contributed by atoms with Gasteiger partial charge in [-0.25, -0.2) is 0 Å². The molecule has 0 radical (unpaired) electrons. The van der Waals surface area contributed by atoms with Crippen LogP contribution in [0.2, 0.25) is 0 Å². The Labute approximate surface area is 188 Å². The Morgan fingerprint density at radius 1 is 1.10 bits per heavy atom. The van der Waals surface area contributed by atoms with Crippen molar-refractivity contribution in [3.8, 4) is 17.0 Å². The molecule has 0 amide bonds. The standard InChI is InChI=1S/C27H39N3O/c1-19(2)15-23-20(3)28-17-24(26(23)30-13-11-27(4,5)12-14-30)25-10-9-22(16-29-25)31-18-21-7-6-8-21/h9-10,16-17,19,21H,6-8,11-15,18H2,1-5H3. The zero-order valence-electron chi connectivity index (χ0n) is 20.1. The second-order valence-electron chi connectivity index (χ2n) is 10.8. The van der Waals surface area contributed by atoms with Crippen LogP contribution in [0.4, 0.5) is 5.69 Å². The van der Waals surface area contributed by atoms with Gasteiger partial charge in [0.15, 0.2) is 0 Å². The Kier molecular flexibility index (Phi) is 6.55. The number of ether oxygens (including phenoxy) is 1. The Balaban J connectivity index is 1.64. The van der Waals surface area contributed by atoms with Gasteiger partial charge in [-0.15, -0.1) is 0 Å². The lowest BCUT2D eigenvalue weighted by atomic mass is 9.82. The topological polar surface area (TPSA) is 38.3 Å². The number of pyridine rings is 2. The van der Waals surface area contributed by atoms with Crippen molar-refractivity contribution in [2.75, 3.05) is 24.6 Å². The van der Waals surface area contributed by atoms with Crippen molar-refractivity contribution >= 4 is 5.69 Å². The lowest BCUT2D eigenvalue weighted by molar-refractivity contribution is 0.180. The zero-order chi connectivity index (χ0) is 22.0. The number of rotatable bonds is 7. The van der Waals surface area contributed by atoms with Gasteiger partial charge in [-0.1, -0.05) is 34.1 Å². The minimum atomic E-state index is 0.425. The van der Waals surface area contributed by atoms with Crippen molar-refractivity contribution in [3.63, 3.8) is 0 Å². The monoisotopic (exact) mass is 421 g/mol. The fourth-order valence-corrected chi connectivity index (χ4v) is 4.67. The molecule has 4 rings (SSSR count). The van der Waals surface area contributed by atoms with Crippen molar-refractivity contribution in [1.29, 1.82) is 0 Å². The van der Waals surface area contributed by atoms with Gasteiger partial charge in [-0.05, 0) is 74.0 Å². The summed E-state index contributed by atoms with van der Waals surface area (Å²) in [5.41, 5.74) is 6.47. The molecule has 0 unspecified atom stereocenters. The smallest absolute Gasteiger partial charge is 0.137 e. The summed E-state index contributed by atoms with van der Waals surface area (Å²) >= 11 is 0. The first kappa shape index (κ1) is 22.1. The zero-order valence-corrected chi connectivity index (χ0v) is 20.1. The molecule has 0 aromatic carbocycles. The molecule has 2 fully saturated rings. The van der Waals surface area contributed by atoms with E-state index in [9.17, 15) is 0 Å². The number of hydrogen-bond donors (Lipinski definition) is 0. The molecule has 1 aliphatic carbocycles. The molecule has 0 N–H and O–H groups in total. The normalized spacial score (nSPS) is 18.8. The molecule has 0 bridgehead atoms. The van der Waals surface area contributed by atoms with Crippen LogP contribution in [0.3, 0.4) is 0 Å². The molecule has 4 heteroatoms. The van der Waals surface area contributed by atoms with E-state index in [1.807, 2.05) is 12.4 Å². The van der Waals surface area contributed by atoms with Gasteiger partial charge < -0.3 is 9.64 Å². The van der Waals surface area contributed by atoms with Gasteiger partial charge in [-0.2, -0.15) is 0 Å². The number of aryl methyl sites for hydroxylation is 1. The predicted octanol–water partition coefficient (Wildman–Crippen LogP) is 6.46. The molecular weight excluding hydrogens is 382 g/mol.